The minimum absolute atomic E-state index is 0.0665. The van der Waals surface area contributed by atoms with Gasteiger partial charge in [-0.25, -0.2) is 0 Å². The van der Waals surface area contributed by atoms with Crippen molar-refractivity contribution in [3.63, 3.8) is 0 Å². The van der Waals surface area contributed by atoms with Crippen molar-refractivity contribution < 1.29 is 4.74 Å². The molecule has 0 bridgehead atoms. The third kappa shape index (κ3) is 4.53. The molecule has 0 aromatic rings. The summed E-state index contributed by atoms with van der Waals surface area (Å²) in [5.74, 6) is 0. The van der Waals surface area contributed by atoms with E-state index in [1.807, 2.05) is 19.9 Å². The Morgan fingerprint density at radius 2 is 2.20 bits per heavy atom. The summed E-state index contributed by atoms with van der Waals surface area (Å²) in [7, 11) is 1.72. The van der Waals surface area contributed by atoms with Crippen molar-refractivity contribution in [3.8, 4) is 0 Å². The second-order valence-corrected chi connectivity index (χ2v) is 2.88. The van der Waals surface area contributed by atoms with E-state index in [2.05, 4.69) is 11.9 Å². The molecule has 0 heterocycles. The number of hydrogen-bond donors (Lipinski definition) is 1. The Morgan fingerprint density at radius 3 is 2.60 bits per heavy atom. The summed E-state index contributed by atoms with van der Waals surface area (Å²) in [5.41, 5.74) is -0.0665. The molecule has 0 rings (SSSR count). The molecule has 10 heavy (non-hydrogen) atoms. The quantitative estimate of drug-likeness (QED) is 0.461. The van der Waals surface area contributed by atoms with Crippen molar-refractivity contribution in [1.82, 2.24) is 5.32 Å². The van der Waals surface area contributed by atoms with E-state index in [0.717, 1.165) is 13.1 Å². The number of methoxy groups -OCH3 is 1. The van der Waals surface area contributed by atoms with E-state index in [1.54, 1.807) is 7.11 Å². The van der Waals surface area contributed by atoms with Gasteiger partial charge in [0.15, 0.2) is 0 Å². The summed E-state index contributed by atoms with van der Waals surface area (Å²) >= 11 is 0. The Balaban J connectivity index is 3.36. The fourth-order valence-corrected chi connectivity index (χ4v) is 0.547. The maximum atomic E-state index is 5.19. The second kappa shape index (κ2) is 4.47. The van der Waals surface area contributed by atoms with Gasteiger partial charge in [-0.3, -0.25) is 0 Å². The van der Waals surface area contributed by atoms with Gasteiger partial charge < -0.3 is 10.1 Å². The summed E-state index contributed by atoms with van der Waals surface area (Å²) in [4.78, 5) is 0. The van der Waals surface area contributed by atoms with Gasteiger partial charge in [-0.05, 0) is 13.8 Å². The molecule has 0 aliphatic rings. The van der Waals surface area contributed by atoms with Crippen LogP contribution in [0.5, 0.6) is 0 Å². The minimum Gasteiger partial charge on any atom is -0.377 e. The molecule has 0 saturated heterocycles. The van der Waals surface area contributed by atoms with E-state index >= 15 is 0 Å². The number of rotatable bonds is 5. The van der Waals surface area contributed by atoms with Crippen molar-refractivity contribution in [2.45, 2.75) is 19.4 Å². The van der Waals surface area contributed by atoms with Crippen LogP contribution in [-0.4, -0.2) is 25.8 Å². The van der Waals surface area contributed by atoms with Crippen LogP contribution in [0.1, 0.15) is 13.8 Å². The topological polar surface area (TPSA) is 21.3 Å². The van der Waals surface area contributed by atoms with Crippen LogP contribution in [-0.2, 0) is 4.74 Å². The average Bonchev–Trinajstić information content (AvgIpc) is 1.89. The fourth-order valence-electron chi connectivity index (χ4n) is 0.547. The Bertz CT molecular complexity index is 99.4. The SMILES string of the molecule is C=CCNCC(C)(C)OC. The zero-order chi connectivity index (χ0) is 8.04. The fraction of sp³-hybridized carbons (Fsp3) is 0.750. The van der Waals surface area contributed by atoms with Crippen LogP contribution in [0.3, 0.4) is 0 Å². The highest BCUT2D eigenvalue weighted by Crippen LogP contribution is 2.03. The molecule has 0 unspecified atom stereocenters. The molecule has 0 aliphatic carbocycles. The molecule has 0 aromatic carbocycles. The van der Waals surface area contributed by atoms with Crippen LogP contribution in [0, 0.1) is 0 Å². The zero-order valence-corrected chi connectivity index (χ0v) is 7.11. The molecule has 0 fully saturated rings. The maximum absolute atomic E-state index is 5.19. The summed E-state index contributed by atoms with van der Waals surface area (Å²) in [5, 5.41) is 3.18. The standard InChI is InChI=1S/C8H17NO/c1-5-6-9-7-8(2,3)10-4/h5,9H,1,6-7H2,2-4H3. The predicted octanol–water partition coefficient (Wildman–Crippen LogP) is 1.19. The Kier molecular flexibility index (Phi) is 4.32. The Morgan fingerprint density at radius 1 is 1.60 bits per heavy atom. The van der Waals surface area contributed by atoms with Gasteiger partial charge in [0.2, 0.25) is 0 Å². The van der Waals surface area contributed by atoms with Crippen molar-refractivity contribution in [2.24, 2.45) is 0 Å². The molecule has 2 nitrogen and oxygen atoms in total. The van der Waals surface area contributed by atoms with Crippen molar-refractivity contribution in [3.05, 3.63) is 12.7 Å². The highest BCUT2D eigenvalue weighted by Gasteiger charge is 2.14. The summed E-state index contributed by atoms with van der Waals surface area (Å²) < 4.78 is 5.19. The molecular formula is C8H17NO. The molecule has 0 atom stereocenters. The smallest absolute Gasteiger partial charge is 0.0746 e. The van der Waals surface area contributed by atoms with Gasteiger partial charge in [-0.1, -0.05) is 6.08 Å². The van der Waals surface area contributed by atoms with Gasteiger partial charge in [0, 0.05) is 20.2 Å². The second-order valence-electron chi connectivity index (χ2n) is 2.88. The van der Waals surface area contributed by atoms with Crippen LogP contribution >= 0.6 is 0 Å². The molecule has 1 N–H and O–H groups in total. The first kappa shape index (κ1) is 9.66. The summed E-state index contributed by atoms with van der Waals surface area (Å²) in [6.45, 7) is 9.39. The number of hydrogen-bond acceptors (Lipinski definition) is 2. The predicted molar refractivity (Wildman–Crippen MR) is 44.2 cm³/mol. The van der Waals surface area contributed by atoms with Gasteiger partial charge in [0.05, 0.1) is 5.60 Å². The van der Waals surface area contributed by atoms with Crippen LogP contribution in [0.4, 0.5) is 0 Å². The van der Waals surface area contributed by atoms with Gasteiger partial charge in [0.25, 0.3) is 0 Å². The van der Waals surface area contributed by atoms with Crippen LogP contribution in [0.2, 0.25) is 0 Å². The van der Waals surface area contributed by atoms with Crippen molar-refractivity contribution >= 4 is 0 Å². The largest absolute Gasteiger partial charge is 0.377 e. The monoisotopic (exact) mass is 143 g/mol. The Hall–Kier alpha value is -0.340. The van der Waals surface area contributed by atoms with E-state index in [4.69, 9.17) is 4.74 Å². The van der Waals surface area contributed by atoms with E-state index in [9.17, 15) is 0 Å². The minimum atomic E-state index is -0.0665. The first-order valence-electron chi connectivity index (χ1n) is 3.49. The van der Waals surface area contributed by atoms with Gasteiger partial charge in [-0.2, -0.15) is 0 Å². The molecule has 0 aromatic heterocycles. The number of nitrogens with one attached hydrogen (secondary N) is 1. The molecule has 0 radical (unpaired) electrons. The highest BCUT2D eigenvalue weighted by atomic mass is 16.5. The lowest BCUT2D eigenvalue weighted by atomic mass is 10.1. The molecule has 2 heteroatoms. The van der Waals surface area contributed by atoms with Gasteiger partial charge in [-0.15, -0.1) is 6.58 Å². The van der Waals surface area contributed by atoms with Crippen molar-refractivity contribution in [1.29, 1.82) is 0 Å². The maximum Gasteiger partial charge on any atom is 0.0746 e. The van der Waals surface area contributed by atoms with Crippen LogP contribution in [0.25, 0.3) is 0 Å². The summed E-state index contributed by atoms with van der Waals surface area (Å²) in [6.07, 6.45) is 1.84. The van der Waals surface area contributed by atoms with Gasteiger partial charge >= 0.3 is 0 Å². The highest BCUT2D eigenvalue weighted by molar-refractivity contribution is 4.75. The van der Waals surface area contributed by atoms with E-state index in [0.29, 0.717) is 0 Å². The molecule has 60 valence electrons. The number of ether oxygens (including phenoxy) is 1. The van der Waals surface area contributed by atoms with Gasteiger partial charge in [0.1, 0.15) is 0 Å². The van der Waals surface area contributed by atoms with Crippen molar-refractivity contribution in [2.75, 3.05) is 20.2 Å². The normalized spacial score (nSPS) is 11.5. The van der Waals surface area contributed by atoms with Crippen LogP contribution in [0.15, 0.2) is 12.7 Å². The Labute approximate surface area is 63.3 Å². The lowest BCUT2D eigenvalue weighted by Crippen LogP contribution is -2.36. The molecule has 0 saturated carbocycles. The lowest BCUT2D eigenvalue weighted by molar-refractivity contribution is 0.0241. The first-order chi connectivity index (χ1) is 4.62. The molecule has 0 spiro atoms. The molecular weight excluding hydrogens is 126 g/mol. The average molecular weight is 143 g/mol. The van der Waals surface area contributed by atoms with Crippen LogP contribution < -0.4 is 5.32 Å². The third-order valence-electron chi connectivity index (χ3n) is 1.39. The lowest BCUT2D eigenvalue weighted by Gasteiger charge is -2.22. The molecule has 0 amide bonds. The van der Waals surface area contributed by atoms with E-state index in [1.165, 1.54) is 0 Å². The van der Waals surface area contributed by atoms with E-state index < -0.39 is 0 Å². The zero-order valence-electron chi connectivity index (χ0n) is 7.11. The third-order valence-corrected chi connectivity index (χ3v) is 1.39. The summed E-state index contributed by atoms with van der Waals surface area (Å²) in [6, 6.07) is 0. The molecule has 0 aliphatic heterocycles. The van der Waals surface area contributed by atoms with E-state index in [-0.39, 0.29) is 5.60 Å². The first-order valence-corrected chi connectivity index (χ1v) is 3.49.